The molecule has 0 bridgehead atoms. The van der Waals surface area contributed by atoms with Crippen molar-refractivity contribution in [3.8, 4) is 5.69 Å². The van der Waals surface area contributed by atoms with Gasteiger partial charge in [0.05, 0.1) is 11.9 Å². The topological polar surface area (TPSA) is 69.6 Å². The van der Waals surface area contributed by atoms with Crippen molar-refractivity contribution < 1.29 is 0 Å². The minimum atomic E-state index is 0.463. The van der Waals surface area contributed by atoms with Crippen molar-refractivity contribution in [2.45, 2.75) is 19.8 Å². The van der Waals surface area contributed by atoms with Crippen LogP contribution in [0.2, 0.25) is 0 Å². The Morgan fingerprint density at radius 3 is 3.07 bits per heavy atom. The number of rotatable bonds is 3. The second-order valence-electron chi connectivity index (χ2n) is 3.31. The summed E-state index contributed by atoms with van der Waals surface area (Å²) in [6.07, 6.45) is 5.53. The van der Waals surface area contributed by atoms with E-state index in [-0.39, 0.29) is 0 Å². The van der Waals surface area contributed by atoms with E-state index in [1.54, 1.807) is 10.9 Å². The predicted molar refractivity (Wildman–Crippen MR) is 57.6 cm³/mol. The fourth-order valence-corrected chi connectivity index (χ4v) is 1.39. The van der Waals surface area contributed by atoms with E-state index >= 15 is 0 Å². The first-order chi connectivity index (χ1) is 7.31. The van der Waals surface area contributed by atoms with Crippen LogP contribution in [0.4, 0.5) is 5.82 Å². The summed E-state index contributed by atoms with van der Waals surface area (Å²) in [5.41, 5.74) is 7.48. The minimum absolute atomic E-state index is 0.463. The standard InChI is InChI=1S/C10H13N5/c1-2-4-8-7-15(14-13-8)9-5-3-6-12-10(9)11/h3,5-7H,2,4H2,1H3,(H2,11,12). The van der Waals surface area contributed by atoms with Crippen LogP contribution in [0.25, 0.3) is 5.69 Å². The van der Waals surface area contributed by atoms with Crippen molar-refractivity contribution in [3.63, 3.8) is 0 Å². The van der Waals surface area contributed by atoms with Gasteiger partial charge in [0, 0.05) is 6.20 Å². The molecule has 78 valence electrons. The molecule has 2 aromatic heterocycles. The maximum Gasteiger partial charge on any atom is 0.149 e. The lowest BCUT2D eigenvalue weighted by Gasteiger charge is -2.01. The van der Waals surface area contributed by atoms with E-state index in [4.69, 9.17) is 5.73 Å². The molecule has 0 aliphatic rings. The van der Waals surface area contributed by atoms with Crippen LogP contribution >= 0.6 is 0 Å². The summed E-state index contributed by atoms with van der Waals surface area (Å²) in [7, 11) is 0. The zero-order chi connectivity index (χ0) is 10.7. The fourth-order valence-electron chi connectivity index (χ4n) is 1.39. The van der Waals surface area contributed by atoms with Gasteiger partial charge in [-0.25, -0.2) is 9.67 Å². The van der Waals surface area contributed by atoms with Crippen LogP contribution < -0.4 is 5.73 Å². The SMILES string of the molecule is CCCc1cn(-c2cccnc2N)nn1. The Kier molecular flexibility index (Phi) is 2.62. The van der Waals surface area contributed by atoms with Gasteiger partial charge in [-0.05, 0) is 18.6 Å². The maximum atomic E-state index is 5.74. The van der Waals surface area contributed by atoms with Gasteiger partial charge in [-0.2, -0.15) is 0 Å². The highest BCUT2D eigenvalue weighted by Crippen LogP contribution is 2.12. The Morgan fingerprint density at radius 2 is 2.33 bits per heavy atom. The number of pyridine rings is 1. The number of hydrogen-bond acceptors (Lipinski definition) is 4. The van der Waals surface area contributed by atoms with Crippen LogP contribution in [0.1, 0.15) is 19.0 Å². The number of aryl methyl sites for hydroxylation is 1. The summed E-state index contributed by atoms with van der Waals surface area (Å²) in [4.78, 5) is 4.00. The highest BCUT2D eigenvalue weighted by atomic mass is 15.4. The Balaban J connectivity index is 2.33. The molecule has 2 N–H and O–H groups in total. The summed E-state index contributed by atoms with van der Waals surface area (Å²) < 4.78 is 1.66. The number of anilines is 1. The molecule has 0 fully saturated rings. The van der Waals surface area contributed by atoms with Crippen molar-refractivity contribution in [2.24, 2.45) is 0 Å². The highest BCUT2D eigenvalue weighted by Gasteiger charge is 2.05. The molecule has 15 heavy (non-hydrogen) atoms. The number of nitrogen functional groups attached to an aromatic ring is 1. The summed E-state index contributed by atoms with van der Waals surface area (Å²) in [5, 5.41) is 8.07. The first-order valence-corrected chi connectivity index (χ1v) is 4.93. The zero-order valence-electron chi connectivity index (χ0n) is 8.59. The monoisotopic (exact) mass is 203 g/mol. The Labute approximate surface area is 87.9 Å². The number of hydrogen-bond donors (Lipinski definition) is 1. The molecule has 0 aromatic carbocycles. The van der Waals surface area contributed by atoms with Gasteiger partial charge in [-0.3, -0.25) is 0 Å². The molecule has 0 unspecified atom stereocenters. The second-order valence-corrected chi connectivity index (χ2v) is 3.31. The van der Waals surface area contributed by atoms with Crippen molar-refractivity contribution in [1.29, 1.82) is 0 Å². The van der Waals surface area contributed by atoms with Gasteiger partial charge in [-0.15, -0.1) is 5.10 Å². The third-order valence-corrected chi connectivity index (χ3v) is 2.11. The van der Waals surface area contributed by atoms with Crippen LogP contribution in [-0.2, 0) is 6.42 Å². The van der Waals surface area contributed by atoms with Crippen LogP contribution in [0, 0.1) is 0 Å². The lowest BCUT2D eigenvalue weighted by atomic mass is 10.3. The van der Waals surface area contributed by atoms with E-state index in [0.717, 1.165) is 24.2 Å². The smallest absolute Gasteiger partial charge is 0.149 e. The fraction of sp³-hybridized carbons (Fsp3) is 0.300. The Bertz CT molecular complexity index is 449. The van der Waals surface area contributed by atoms with Crippen molar-refractivity contribution in [2.75, 3.05) is 5.73 Å². The summed E-state index contributed by atoms with van der Waals surface area (Å²) >= 11 is 0. The molecule has 5 nitrogen and oxygen atoms in total. The van der Waals surface area contributed by atoms with E-state index in [0.29, 0.717) is 5.82 Å². The molecule has 0 aliphatic carbocycles. The van der Waals surface area contributed by atoms with Gasteiger partial charge in [-0.1, -0.05) is 18.6 Å². The minimum Gasteiger partial charge on any atom is -0.382 e. The van der Waals surface area contributed by atoms with Gasteiger partial charge in [0.25, 0.3) is 0 Å². The molecule has 2 rings (SSSR count). The van der Waals surface area contributed by atoms with Crippen LogP contribution in [0.15, 0.2) is 24.5 Å². The van der Waals surface area contributed by atoms with E-state index < -0.39 is 0 Å². The third kappa shape index (κ3) is 1.96. The average molecular weight is 203 g/mol. The molecule has 5 heteroatoms. The third-order valence-electron chi connectivity index (χ3n) is 2.11. The van der Waals surface area contributed by atoms with Gasteiger partial charge in [0.15, 0.2) is 0 Å². The molecule has 0 spiro atoms. The van der Waals surface area contributed by atoms with E-state index in [2.05, 4.69) is 22.2 Å². The van der Waals surface area contributed by atoms with Crippen LogP contribution in [0.5, 0.6) is 0 Å². The van der Waals surface area contributed by atoms with Crippen LogP contribution in [-0.4, -0.2) is 20.0 Å². The first-order valence-electron chi connectivity index (χ1n) is 4.93. The molecule has 2 heterocycles. The van der Waals surface area contributed by atoms with Gasteiger partial charge < -0.3 is 5.73 Å². The van der Waals surface area contributed by atoms with Crippen LogP contribution in [0.3, 0.4) is 0 Å². The number of nitrogens with zero attached hydrogens (tertiary/aromatic N) is 4. The van der Waals surface area contributed by atoms with Gasteiger partial charge >= 0.3 is 0 Å². The summed E-state index contributed by atoms with van der Waals surface area (Å²) in [6, 6.07) is 3.69. The molecule has 0 saturated heterocycles. The molecule has 0 saturated carbocycles. The molecular weight excluding hydrogens is 190 g/mol. The Hall–Kier alpha value is -1.91. The summed E-state index contributed by atoms with van der Waals surface area (Å²) in [5.74, 6) is 0.463. The zero-order valence-corrected chi connectivity index (χ0v) is 8.59. The lowest BCUT2D eigenvalue weighted by Crippen LogP contribution is -2.01. The van der Waals surface area contributed by atoms with Crippen molar-refractivity contribution in [1.82, 2.24) is 20.0 Å². The maximum absolute atomic E-state index is 5.74. The Morgan fingerprint density at radius 1 is 1.47 bits per heavy atom. The van der Waals surface area contributed by atoms with Gasteiger partial charge in [0.1, 0.15) is 11.5 Å². The largest absolute Gasteiger partial charge is 0.382 e. The average Bonchev–Trinajstić information content (AvgIpc) is 2.68. The van der Waals surface area contributed by atoms with Crippen molar-refractivity contribution in [3.05, 3.63) is 30.2 Å². The van der Waals surface area contributed by atoms with E-state index in [1.165, 1.54) is 0 Å². The molecule has 0 aliphatic heterocycles. The van der Waals surface area contributed by atoms with Gasteiger partial charge in [0.2, 0.25) is 0 Å². The molecule has 0 atom stereocenters. The highest BCUT2D eigenvalue weighted by molar-refractivity contribution is 5.50. The predicted octanol–water partition coefficient (Wildman–Crippen LogP) is 1.20. The van der Waals surface area contributed by atoms with Crippen molar-refractivity contribution >= 4 is 5.82 Å². The molecule has 0 amide bonds. The normalized spacial score (nSPS) is 10.5. The molecular formula is C10H13N5. The van der Waals surface area contributed by atoms with E-state index in [9.17, 15) is 0 Å². The lowest BCUT2D eigenvalue weighted by molar-refractivity contribution is 0.790. The molecule has 0 radical (unpaired) electrons. The molecule has 2 aromatic rings. The second kappa shape index (κ2) is 4.08. The number of aromatic nitrogens is 4. The first kappa shape index (κ1) is 9.64. The number of nitrogens with two attached hydrogens (primary N) is 1. The summed E-state index contributed by atoms with van der Waals surface area (Å²) in [6.45, 7) is 2.11. The quantitative estimate of drug-likeness (QED) is 0.813. The van der Waals surface area contributed by atoms with E-state index in [1.807, 2.05) is 18.3 Å².